The lowest BCUT2D eigenvalue weighted by Crippen LogP contribution is -2.61. The minimum atomic E-state index is -6.22. The molecule has 0 fully saturated rings. The van der Waals surface area contributed by atoms with Crippen molar-refractivity contribution in [3.63, 3.8) is 0 Å². The first kappa shape index (κ1) is 18.8. The number of hydrogen-bond acceptors (Lipinski definition) is 2. The average Bonchev–Trinajstić information content (AvgIpc) is 2.32. The number of halogens is 8. The third kappa shape index (κ3) is 2.95. The highest BCUT2D eigenvalue weighted by molar-refractivity contribution is 9.10. The van der Waals surface area contributed by atoms with E-state index in [1.807, 2.05) is 5.32 Å². The van der Waals surface area contributed by atoms with Gasteiger partial charge in [-0.3, -0.25) is 0 Å². The van der Waals surface area contributed by atoms with Crippen molar-refractivity contribution in [1.29, 1.82) is 5.26 Å². The molecule has 1 heterocycles. The maximum absolute atomic E-state index is 14.1. The van der Waals surface area contributed by atoms with E-state index in [1.54, 1.807) is 6.07 Å². The molecule has 1 N–H and O–H groups in total. The summed E-state index contributed by atoms with van der Waals surface area (Å²) in [5.41, 5.74) is -7.33. The molecule has 0 amide bonds. The molecular weight excluding hydrogens is 385 g/mol. The van der Waals surface area contributed by atoms with Crippen LogP contribution < -0.4 is 5.32 Å². The van der Waals surface area contributed by atoms with E-state index < -0.39 is 34.1 Å². The lowest BCUT2D eigenvalue weighted by Gasteiger charge is -2.40. The SMILES string of the molecule is CC1=CC(Br)(C(C)C#N)NC(C(F)(C(F)(F)F)C(F)(F)F)=C1. The molecule has 0 aliphatic carbocycles. The number of dihydropyridines is 1. The van der Waals surface area contributed by atoms with Gasteiger partial charge in [0, 0.05) is 0 Å². The highest BCUT2D eigenvalue weighted by Crippen LogP contribution is 2.51. The van der Waals surface area contributed by atoms with Crippen LogP contribution in [0.4, 0.5) is 30.7 Å². The Kier molecular flexibility index (Phi) is 4.65. The van der Waals surface area contributed by atoms with Crippen molar-refractivity contribution >= 4 is 15.9 Å². The molecule has 0 saturated carbocycles. The molecule has 1 aliphatic heterocycles. The molecule has 0 radical (unpaired) electrons. The lowest BCUT2D eigenvalue weighted by molar-refractivity contribution is -0.328. The Morgan fingerprint density at radius 1 is 1.18 bits per heavy atom. The van der Waals surface area contributed by atoms with Gasteiger partial charge in [0.1, 0.15) is 4.45 Å². The van der Waals surface area contributed by atoms with Crippen LogP contribution in [0.15, 0.2) is 23.4 Å². The summed E-state index contributed by atoms with van der Waals surface area (Å²) in [6.45, 7) is 2.46. The van der Waals surface area contributed by atoms with Crippen LogP contribution in [-0.4, -0.2) is 22.5 Å². The van der Waals surface area contributed by atoms with Gasteiger partial charge in [-0.15, -0.1) is 0 Å². The maximum Gasteiger partial charge on any atom is 0.437 e. The summed E-state index contributed by atoms with van der Waals surface area (Å²) < 4.78 is 88.9. The summed E-state index contributed by atoms with van der Waals surface area (Å²) >= 11 is 2.88. The zero-order valence-corrected chi connectivity index (χ0v) is 12.8. The Labute approximate surface area is 129 Å². The van der Waals surface area contributed by atoms with Crippen molar-refractivity contribution in [3.8, 4) is 6.07 Å². The van der Waals surface area contributed by atoms with E-state index in [-0.39, 0.29) is 5.57 Å². The van der Waals surface area contributed by atoms with Gasteiger partial charge in [0.25, 0.3) is 0 Å². The van der Waals surface area contributed by atoms with Crippen LogP contribution in [-0.2, 0) is 0 Å². The van der Waals surface area contributed by atoms with Crippen LogP contribution in [0, 0.1) is 17.2 Å². The van der Waals surface area contributed by atoms with Crippen LogP contribution in [0.1, 0.15) is 13.8 Å². The topological polar surface area (TPSA) is 35.8 Å². The van der Waals surface area contributed by atoms with Crippen LogP contribution in [0.3, 0.4) is 0 Å². The summed E-state index contributed by atoms with van der Waals surface area (Å²) in [5.74, 6) is -1.07. The minimum absolute atomic E-state index is 0.0525. The molecule has 124 valence electrons. The fourth-order valence-corrected chi connectivity index (χ4v) is 2.54. The number of hydrogen-bond donors (Lipinski definition) is 1. The zero-order valence-electron chi connectivity index (χ0n) is 11.2. The minimum Gasteiger partial charge on any atom is -0.366 e. The van der Waals surface area contributed by atoms with Gasteiger partial charge in [-0.05, 0) is 26.0 Å². The van der Waals surface area contributed by atoms with Gasteiger partial charge in [-0.25, -0.2) is 4.39 Å². The third-order valence-corrected chi connectivity index (χ3v) is 4.23. The van der Waals surface area contributed by atoms with Gasteiger partial charge >= 0.3 is 18.0 Å². The molecule has 0 saturated heterocycles. The Morgan fingerprint density at radius 3 is 2.00 bits per heavy atom. The highest BCUT2D eigenvalue weighted by Gasteiger charge is 2.75. The maximum atomic E-state index is 14.1. The zero-order chi connectivity index (χ0) is 17.6. The lowest BCUT2D eigenvalue weighted by atomic mass is 9.91. The second-order valence-corrected chi connectivity index (χ2v) is 6.16. The number of nitrogens with one attached hydrogen (secondary N) is 1. The second-order valence-electron chi connectivity index (χ2n) is 4.84. The predicted molar refractivity (Wildman–Crippen MR) is 67.4 cm³/mol. The van der Waals surface area contributed by atoms with Crippen molar-refractivity contribution in [3.05, 3.63) is 23.4 Å². The number of nitrogens with zero attached hydrogens (tertiary/aromatic N) is 1. The molecule has 2 atom stereocenters. The first-order chi connectivity index (χ1) is 9.69. The molecular formula is C12H10BrF7N2. The summed E-state index contributed by atoms with van der Waals surface area (Å²) in [7, 11) is 0. The molecule has 10 heteroatoms. The Balaban J connectivity index is 3.48. The Morgan fingerprint density at radius 2 is 1.64 bits per heavy atom. The Hall–Kier alpha value is -1.24. The number of nitriles is 1. The molecule has 0 bridgehead atoms. The molecule has 2 unspecified atom stereocenters. The fourth-order valence-electron chi connectivity index (χ4n) is 1.86. The number of rotatable bonds is 2. The standard InChI is InChI=1S/C12H10BrF7N2/c1-6-3-8(22-9(13,4-6)7(2)5-21)10(14,11(15,16)17)12(18,19)20/h3-4,7,22H,1-2H3. The first-order valence-corrected chi connectivity index (χ1v) is 6.59. The van der Waals surface area contributed by atoms with E-state index in [2.05, 4.69) is 15.9 Å². The third-order valence-electron chi connectivity index (χ3n) is 3.11. The summed E-state index contributed by atoms with van der Waals surface area (Å²) in [6.07, 6.45) is -10.8. The molecule has 22 heavy (non-hydrogen) atoms. The van der Waals surface area contributed by atoms with E-state index in [9.17, 15) is 30.7 Å². The normalized spacial score (nSPS) is 24.8. The highest BCUT2D eigenvalue weighted by atomic mass is 79.9. The summed E-state index contributed by atoms with van der Waals surface area (Å²) in [5, 5.41) is 10.7. The summed E-state index contributed by atoms with van der Waals surface area (Å²) in [6, 6.07) is 1.68. The van der Waals surface area contributed by atoms with Crippen LogP contribution in [0.2, 0.25) is 0 Å². The van der Waals surface area contributed by atoms with Gasteiger partial charge in [0.05, 0.1) is 17.7 Å². The molecule has 0 aromatic carbocycles. The van der Waals surface area contributed by atoms with Gasteiger partial charge < -0.3 is 5.32 Å². The van der Waals surface area contributed by atoms with Crippen LogP contribution in [0.5, 0.6) is 0 Å². The van der Waals surface area contributed by atoms with E-state index >= 15 is 0 Å². The van der Waals surface area contributed by atoms with Crippen molar-refractivity contribution in [2.24, 2.45) is 5.92 Å². The fraction of sp³-hybridized carbons (Fsp3) is 0.583. The van der Waals surface area contributed by atoms with Gasteiger partial charge in [0.2, 0.25) is 0 Å². The quantitative estimate of drug-likeness (QED) is 0.425. The first-order valence-electron chi connectivity index (χ1n) is 5.79. The summed E-state index contributed by atoms with van der Waals surface area (Å²) in [4.78, 5) is 0. The molecule has 0 aromatic rings. The molecule has 0 spiro atoms. The average molecular weight is 395 g/mol. The Bertz CT molecular complexity index is 541. The van der Waals surface area contributed by atoms with Crippen LogP contribution >= 0.6 is 15.9 Å². The molecule has 1 rings (SSSR count). The van der Waals surface area contributed by atoms with E-state index in [0.29, 0.717) is 6.08 Å². The van der Waals surface area contributed by atoms with Crippen molar-refractivity contribution in [2.75, 3.05) is 0 Å². The monoisotopic (exact) mass is 394 g/mol. The van der Waals surface area contributed by atoms with E-state index in [4.69, 9.17) is 5.26 Å². The predicted octanol–water partition coefficient (Wildman–Crippen LogP) is 4.50. The number of alkyl halides is 8. The smallest absolute Gasteiger partial charge is 0.366 e. The second kappa shape index (κ2) is 5.44. The molecule has 1 aliphatic rings. The molecule has 2 nitrogen and oxygen atoms in total. The molecule has 0 aromatic heterocycles. The van der Waals surface area contributed by atoms with Crippen molar-refractivity contribution in [2.45, 2.75) is 36.3 Å². The van der Waals surface area contributed by atoms with Crippen molar-refractivity contribution < 1.29 is 30.7 Å². The van der Waals surface area contributed by atoms with Gasteiger partial charge in [-0.1, -0.05) is 21.5 Å². The van der Waals surface area contributed by atoms with Gasteiger partial charge in [0.15, 0.2) is 0 Å². The van der Waals surface area contributed by atoms with E-state index in [0.717, 1.165) is 0 Å². The largest absolute Gasteiger partial charge is 0.437 e. The van der Waals surface area contributed by atoms with Gasteiger partial charge in [-0.2, -0.15) is 31.6 Å². The number of allylic oxidation sites excluding steroid dienone is 3. The van der Waals surface area contributed by atoms with Crippen molar-refractivity contribution in [1.82, 2.24) is 5.32 Å². The van der Waals surface area contributed by atoms with E-state index in [1.165, 1.54) is 19.9 Å². The van der Waals surface area contributed by atoms with Crippen LogP contribution in [0.25, 0.3) is 0 Å².